The molecule has 126 valence electrons. The molecule has 0 aromatic heterocycles. The van der Waals surface area contributed by atoms with Gasteiger partial charge in [0, 0.05) is 16.3 Å². The Morgan fingerprint density at radius 1 is 1.12 bits per heavy atom. The van der Waals surface area contributed by atoms with Crippen LogP contribution in [-0.4, -0.2) is 31.9 Å². The molecule has 0 saturated carbocycles. The molecule has 24 heavy (non-hydrogen) atoms. The summed E-state index contributed by atoms with van der Waals surface area (Å²) in [5.74, 6) is -0.115. The van der Waals surface area contributed by atoms with E-state index >= 15 is 0 Å². The number of amides is 1. The average Bonchev–Trinajstić information content (AvgIpc) is 2.92. The maximum Gasteiger partial charge on any atom is 0.258 e. The van der Waals surface area contributed by atoms with Crippen molar-refractivity contribution < 1.29 is 13.2 Å². The monoisotopic (exact) mass is 363 g/mol. The zero-order chi connectivity index (χ0) is 17.3. The molecule has 0 unspecified atom stereocenters. The van der Waals surface area contributed by atoms with E-state index in [2.05, 4.69) is 0 Å². The highest BCUT2D eigenvalue weighted by atomic mass is 35.5. The molecule has 1 atom stereocenters. The van der Waals surface area contributed by atoms with E-state index in [9.17, 15) is 13.2 Å². The third-order valence-corrected chi connectivity index (χ3v) is 6.47. The topological polar surface area (TPSA) is 54.5 Å². The zero-order valence-corrected chi connectivity index (χ0v) is 14.8. The largest absolute Gasteiger partial charge is 0.304 e. The van der Waals surface area contributed by atoms with Crippen LogP contribution in [0.1, 0.15) is 22.3 Å². The Morgan fingerprint density at radius 2 is 1.83 bits per heavy atom. The molecular formula is C18H18ClNO3S. The molecule has 4 nitrogen and oxygen atoms in total. The second kappa shape index (κ2) is 6.57. The third kappa shape index (κ3) is 3.32. The molecule has 0 spiro atoms. The number of sulfone groups is 1. The molecule has 0 radical (unpaired) electrons. The Bertz CT molecular complexity index is 865. The van der Waals surface area contributed by atoms with Gasteiger partial charge >= 0.3 is 0 Å². The highest BCUT2D eigenvalue weighted by molar-refractivity contribution is 7.91. The molecule has 2 aromatic carbocycles. The standard InChI is InChI=1S/C18H18ClNO3S/c1-13-16(19)8-5-9-17(13)20(15-10-11-24(22,23)12-15)18(21)14-6-3-2-4-7-14/h2-9,15H,10-12H2,1H3/t15-/m0/s1. The number of hydrogen-bond acceptors (Lipinski definition) is 3. The first kappa shape index (κ1) is 17.0. The van der Waals surface area contributed by atoms with Gasteiger partial charge in [0.2, 0.25) is 0 Å². The molecule has 1 heterocycles. The summed E-state index contributed by atoms with van der Waals surface area (Å²) in [6.07, 6.45) is 0.437. The van der Waals surface area contributed by atoms with Crippen molar-refractivity contribution in [1.82, 2.24) is 0 Å². The van der Waals surface area contributed by atoms with Crippen molar-refractivity contribution in [3.8, 4) is 0 Å². The molecule has 3 rings (SSSR count). The van der Waals surface area contributed by atoms with E-state index in [1.807, 2.05) is 19.1 Å². The Morgan fingerprint density at radius 3 is 2.46 bits per heavy atom. The van der Waals surface area contributed by atoms with Gasteiger partial charge in [-0.15, -0.1) is 0 Å². The summed E-state index contributed by atoms with van der Waals surface area (Å²) in [4.78, 5) is 14.7. The van der Waals surface area contributed by atoms with Crippen molar-refractivity contribution >= 4 is 33.0 Å². The van der Waals surface area contributed by atoms with Crippen LogP contribution in [0.5, 0.6) is 0 Å². The number of benzene rings is 2. The van der Waals surface area contributed by atoms with E-state index in [0.717, 1.165) is 5.56 Å². The van der Waals surface area contributed by atoms with Crippen molar-refractivity contribution in [2.75, 3.05) is 16.4 Å². The SMILES string of the molecule is Cc1c(Cl)cccc1N(C(=O)c1ccccc1)[C@H]1CCS(=O)(=O)C1. The fraction of sp³-hybridized carbons (Fsp3) is 0.278. The third-order valence-electron chi connectivity index (χ3n) is 4.31. The van der Waals surface area contributed by atoms with E-state index < -0.39 is 9.84 Å². The summed E-state index contributed by atoms with van der Waals surface area (Å²) < 4.78 is 23.8. The quantitative estimate of drug-likeness (QED) is 0.838. The second-order valence-corrected chi connectivity index (χ2v) is 8.62. The van der Waals surface area contributed by atoms with Crippen LogP contribution in [0, 0.1) is 6.92 Å². The van der Waals surface area contributed by atoms with Gasteiger partial charge in [-0.25, -0.2) is 8.42 Å². The minimum absolute atomic E-state index is 0.0163. The Labute approximate surface area is 147 Å². The van der Waals surface area contributed by atoms with Crippen LogP contribution in [0.25, 0.3) is 0 Å². The van der Waals surface area contributed by atoms with Gasteiger partial charge in [0.05, 0.1) is 17.5 Å². The molecule has 0 aliphatic carbocycles. The fourth-order valence-electron chi connectivity index (χ4n) is 3.03. The van der Waals surface area contributed by atoms with Crippen LogP contribution in [0.4, 0.5) is 5.69 Å². The number of anilines is 1. The molecule has 1 amide bonds. The molecule has 0 bridgehead atoms. The van der Waals surface area contributed by atoms with Crippen molar-refractivity contribution in [2.24, 2.45) is 0 Å². The zero-order valence-electron chi connectivity index (χ0n) is 13.3. The van der Waals surface area contributed by atoms with Crippen molar-refractivity contribution in [3.63, 3.8) is 0 Å². The molecule has 1 fully saturated rings. The van der Waals surface area contributed by atoms with Crippen molar-refractivity contribution in [2.45, 2.75) is 19.4 Å². The Kier molecular flexibility index (Phi) is 4.65. The van der Waals surface area contributed by atoms with Gasteiger partial charge in [-0.2, -0.15) is 0 Å². The van der Waals surface area contributed by atoms with Crippen molar-refractivity contribution in [1.29, 1.82) is 0 Å². The summed E-state index contributed by atoms with van der Waals surface area (Å²) in [6.45, 7) is 1.84. The summed E-state index contributed by atoms with van der Waals surface area (Å²) in [6, 6.07) is 13.9. The molecule has 1 aliphatic heterocycles. The van der Waals surface area contributed by atoms with Gasteiger partial charge in [-0.1, -0.05) is 35.9 Å². The number of hydrogen-bond donors (Lipinski definition) is 0. The van der Waals surface area contributed by atoms with Crippen LogP contribution in [0.2, 0.25) is 5.02 Å². The number of rotatable bonds is 3. The molecule has 1 saturated heterocycles. The molecule has 6 heteroatoms. The van der Waals surface area contributed by atoms with Crippen LogP contribution in [0.3, 0.4) is 0 Å². The van der Waals surface area contributed by atoms with Crippen LogP contribution >= 0.6 is 11.6 Å². The predicted octanol–water partition coefficient (Wildman–Crippen LogP) is 3.48. The van der Waals surface area contributed by atoms with E-state index in [0.29, 0.717) is 22.7 Å². The molecular weight excluding hydrogens is 346 g/mol. The second-order valence-electron chi connectivity index (χ2n) is 5.98. The van der Waals surface area contributed by atoms with E-state index in [1.54, 1.807) is 41.3 Å². The highest BCUT2D eigenvalue weighted by Crippen LogP contribution is 2.32. The number of carbonyl (C=O) groups excluding carboxylic acids is 1. The smallest absolute Gasteiger partial charge is 0.258 e. The number of nitrogens with zero attached hydrogens (tertiary/aromatic N) is 1. The van der Waals surface area contributed by atoms with Gasteiger partial charge in [0.15, 0.2) is 9.84 Å². The van der Waals surface area contributed by atoms with Gasteiger partial charge in [-0.3, -0.25) is 4.79 Å². The normalized spacial score (nSPS) is 19.2. The van der Waals surface area contributed by atoms with Crippen LogP contribution in [0.15, 0.2) is 48.5 Å². The molecule has 1 aliphatic rings. The Hall–Kier alpha value is -1.85. The minimum Gasteiger partial charge on any atom is -0.304 e. The fourth-order valence-corrected chi connectivity index (χ4v) is 4.90. The molecule has 0 N–H and O–H groups in total. The first-order valence-electron chi connectivity index (χ1n) is 7.73. The van der Waals surface area contributed by atoms with Crippen LogP contribution < -0.4 is 4.90 Å². The van der Waals surface area contributed by atoms with E-state index in [4.69, 9.17) is 11.6 Å². The van der Waals surface area contributed by atoms with Gasteiger partial charge in [-0.05, 0) is 43.2 Å². The summed E-state index contributed by atoms with van der Waals surface area (Å²) >= 11 is 6.22. The lowest BCUT2D eigenvalue weighted by Crippen LogP contribution is -2.41. The maximum absolute atomic E-state index is 13.1. The summed E-state index contributed by atoms with van der Waals surface area (Å²) in [7, 11) is -3.11. The highest BCUT2D eigenvalue weighted by Gasteiger charge is 2.36. The van der Waals surface area contributed by atoms with E-state index in [1.165, 1.54) is 0 Å². The van der Waals surface area contributed by atoms with Gasteiger partial charge in [0.25, 0.3) is 5.91 Å². The van der Waals surface area contributed by atoms with Gasteiger partial charge in [0.1, 0.15) is 0 Å². The summed E-state index contributed by atoms with van der Waals surface area (Å²) in [5.41, 5.74) is 1.97. The minimum atomic E-state index is -3.11. The summed E-state index contributed by atoms with van der Waals surface area (Å²) in [5, 5.41) is 0.555. The van der Waals surface area contributed by atoms with Crippen molar-refractivity contribution in [3.05, 3.63) is 64.7 Å². The lowest BCUT2D eigenvalue weighted by atomic mass is 10.1. The first-order chi connectivity index (χ1) is 11.4. The predicted molar refractivity (Wildman–Crippen MR) is 96.5 cm³/mol. The van der Waals surface area contributed by atoms with Crippen LogP contribution in [-0.2, 0) is 9.84 Å². The average molecular weight is 364 g/mol. The number of halogens is 1. The first-order valence-corrected chi connectivity index (χ1v) is 9.93. The number of carbonyl (C=O) groups is 1. The Balaban J connectivity index is 2.08. The van der Waals surface area contributed by atoms with Gasteiger partial charge < -0.3 is 4.90 Å². The lowest BCUT2D eigenvalue weighted by Gasteiger charge is -2.30. The molecule has 2 aromatic rings. The maximum atomic E-state index is 13.1. The van der Waals surface area contributed by atoms with E-state index in [-0.39, 0.29) is 23.5 Å². The lowest BCUT2D eigenvalue weighted by molar-refractivity contribution is 0.0979.